The van der Waals surface area contributed by atoms with E-state index in [0.717, 1.165) is 42.5 Å². The smallest absolute Gasteiger partial charge is 0.341 e. The van der Waals surface area contributed by atoms with Crippen molar-refractivity contribution in [2.75, 3.05) is 5.32 Å². The summed E-state index contributed by atoms with van der Waals surface area (Å²) in [5.41, 5.74) is 2.09. The van der Waals surface area contributed by atoms with Gasteiger partial charge in [0.1, 0.15) is 5.00 Å². The molecule has 1 heterocycles. The van der Waals surface area contributed by atoms with Crippen molar-refractivity contribution in [2.24, 2.45) is 0 Å². The van der Waals surface area contributed by atoms with Crippen LogP contribution in [0.1, 0.15) is 59.5 Å². The maximum absolute atomic E-state index is 12.8. The highest BCUT2D eigenvalue weighted by atomic mass is 35.5. The molecular weight excluding hydrogens is 429 g/mol. The first-order valence-corrected chi connectivity index (χ1v) is 11.2. The van der Waals surface area contributed by atoms with Gasteiger partial charge in [0.2, 0.25) is 5.91 Å². The molecule has 0 bridgehead atoms. The highest BCUT2D eigenvalue weighted by Crippen LogP contribution is 2.38. The molecule has 1 aromatic carbocycles. The molecule has 3 rings (SSSR count). The summed E-state index contributed by atoms with van der Waals surface area (Å²) >= 11 is 13.8. The van der Waals surface area contributed by atoms with E-state index in [1.165, 1.54) is 17.4 Å². The zero-order valence-corrected chi connectivity index (χ0v) is 18.7. The van der Waals surface area contributed by atoms with Crippen molar-refractivity contribution in [3.8, 4) is 0 Å². The molecule has 0 fully saturated rings. The Morgan fingerprint density at radius 1 is 1.14 bits per heavy atom. The van der Waals surface area contributed by atoms with Crippen molar-refractivity contribution < 1.29 is 14.3 Å². The van der Waals surface area contributed by atoms with Crippen LogP contribution in [0.15, 0.2) is 24.3 Å². The number of thiophene rings is 1. The Morgan fingerprint density at radius 2 is 1.83 bits per heavy atom. The van der Waals surface area contributed by atoms with Crippen LogP contribution in [0.5, 0.6) is 0 Å². The number of aryl methyl sites for hydroxylation is 1. The number of amides is 1. The molecule has 4 nitrogen and oxygen atoms in total. The first-order chi connectivity index (χ1) is 13.9. The minimum absolute atomic E-state index is 0.227. The third-order valence-corrected chi connectivity index (χ3v) is 6.47. The number of ether oxygens (including phenoxy) is 1. The molecular formula is C22H23Cl2NO3S. The van der Waals surface area contributed by atoms with Crippen molar-refractivity contribution in [1.82, 2.24) is 0 Å². The second kappa shape index (κ2) is 9.79. The molecule has 7 heteroatoms. The number of carbonyl (C=O) groups is 2. The van der Waals surface area contributed by atoms with Crippen LogP contribution >= 0.6 is 34.5 Å². The molecule has 29 heavy (non-hydrogen) atoms. The standard InChI is InChI=1S/C22H23Cl2NO3S/c1-13(2)28-22(27)20-15-7-4-3-5-10-18(15)29-21(20)25-19(26)12-11-14-16(23)8-6-9-17(14)24/h6,8-9,11-13H,3-5,7,10H2,1-2H3,(H,25,26)/b12-11-. The van der Waals surface area contributed by atoms with Gasteiger partial charge in [0.15, 0.2) is 0 Å². The van der Waals surface area contributed by atoms with Gasteiger partial charge in [-0.25, -0.2) is 4.79 Å². The number of esters is 1. The predicted octanol–water partition coefficient (Wildman–Crippen LogP) is 6.54. The van der Waals surface area contributed by atoms with Crippen LogP contribution in [0.25, 0.3) is 6.08 Å². The molecule has 1 amide bonds. The van der Waals surface area contributed by atoms with E-state index in [0.29, 0.717) is 26.2 Å². The molecule has 1 aliphatic carbocycles. The first-order valence-electron chi connectivity index (χ1n) is 9.65. The normalized spacial score (nSPS) is 14.0. The van der Waals surface area contributed by atoms with Gasteiger partial charge < -0.3 is 10.1 Å². The molecule has 2 aromatic rings. The second-order valence-corrected chi connectivity index (χ2v) is 9.10. The van der Waals surface area contributed by atoms with Crippen molar-refractivity contribution in [2.45, 2.75) is 52.1 Å². The minimum Gasteiger partial charge on any atom is -0.459 e. The maximum Gasteiger partial charge on any atom is 0.341 e. The first kappa shape index (κ1) is 21.9. The van der Waals surface area contributed by atoms with Crippen LogP contribution in [0.4, 0.5) is 5.00 Å². The molecule has 0 saturated carbocycles. The van der Waals surface area contributed by atoms with Crippen molar-refractivity contribution in [1.29, 1.82) is 0 Å². The molecule has 1 aliphatic rings. The molecule has 154 valence electrons. The Bertz CT molecular complexity index is 930. The molecule has 1 aromatic heterocycles. The summed E-state index contributed by atoms with van der Waals surface area (Å²) in [6.45, 7) is 3.63. The summed E-state index contributed by atoms with van der Waals surface area (Å²) in [7, 11) is 0. The molecule has 0 unspecified atom stereocenters. The summed E-state index contributed by atoms with van der Waals surface area (Å²) in [5, 5.41) is 4.33. The Labute approximate surface area is 184 Å². The van der Waals surface area contributed by atoms with Gasteiger partial charge in [0.05, 0.1) is 11.7 Å². The number of anilines is 1. The maximum atomic E-state index is 12.8. The molecule has 0 aliphatic heterocycles. The van der Waals surface area contributed by atoms with Crippen molar-refractivity contribution in [3.63, 3.8) is 0 Å². The zero-order valence-electron chi connectivity index (χ0n) is 16.4. The topological polar surface area (TPSA) is 55.4 Å². The van der Waals surface area contributed by atoms with Crippen LogP contribution in [-0.2, 0) is 22.4 Å². The molecule has 1 N–H and O–H groups in total. The second-order valence-electron chi connectivity index (χ2n) is 7.18. The number of halogens is 2. The monoisotopic (exact) mass is 451 g/mol. The van der Waals surface area contributed by atoms with E-state index in [1.807, 2.05) is 13.8 Å². The number of hydrogen-bond acceptors (Lipinski definition) is 4. The van der Waals surface area contributed by atoms with Crippen LogP contribution < -0.4 is 5.32 Å². The SMILES string of the molecule is CC(C)OC(=O)c1c(NC(=O)/C=C\c2c(Cl)cccc2Cl)sc2c1CCCCC2. The molecule has 0 spiro atoms. The van der Waals surface area contributed by atoms with E-state index < -0.39 is 0 Å². The lowest BCUT2D eigenvalue weighted by molar-refractivity contribution is -0.111. The van der Waals surface area contributed by atoms with E-state index >= 15 is 0 Å². The van der Waals surface area contributed by atoms with E-state index in [4.69, 9.17) is 27.9 Å². The third kappa shape index (κ3) is 5.41. The number of benzene rings is 1. The Hall–Kier alpha value is -1.82. The highest BCUT2D eigenvalue weighted by Gasteiger charge is 2.27. The quantitative estimate of drug-likeness (QED) is 0.318. The number of rotatable bonds is 5. The third-order valence-electron chi connectivity index (χ3n) is 4.61. The average Bonchev–Trinajstić information content (AvgIpc) is 2.81. The van der Waals surface area contributed by atoms with Crippen LogP contribution in [0, 0.1) is 0 Å². The van der Waals surface area contributed by atoms with Gasteiger partial charge in [-0.1, -0.05) is 35.7 Å². The predicted molar refractivity (Wildman–Crippen MR) is 120 cm³/mol. The highest BCUT2D eigenvalue weighted by molar-refractivity contribution is 7.17. The van der Waals surface area contributed by atoms with E-state index in [2.05, 4.69) is 5.32 Å². The Kier molecular flexibility index (Phi) is 7.38. The van der Waals surface area contributed by atoms with E-state index in [1.54, 1.807) is 24.3 Å². The van der Waals surface area contributed by atoms with Gasteiger partial charge in [0, 0.05) is 26.6 Å². The fourth-order valence-electron chi connectivity index (χ4n) is 3.30. The lowest BCUT2D eigenvalue weighted by Crippen LogP contribution is -2.16. The minimum atomic E-state index is -0.382. The van der Waals surface area contributed by atoms with Gasteiger partial charge in [0.25, 0.3) is 0 Å². The lowest BCUT2D eigenvalue weighted by Gasteiger charge is -2.11. The van der Waals surface area contributed by atoms with E-state index in [9.17, 15) is 9.59 Å². The van der Waals surface area contributed by atoms with Gasteiger partial charge in [-0.15, -0.1) is 11.3 Å². The summed E-state index contributed by atoms with van der Waals surface area (Å²) in [5.74, 6) is -0.733. The Balaban J connectivity index is 1.87. The van der Waals surface area contributed by atoms with Crippen LogP contribution in [-0.4, -0.2) is 18.0 Å². The lowest BCUT2D eigenvalue weighted by atomic mass is 10.1. The van der Waals surface area contributed by atoms with Crippen molar-refractivity contribution >= 4 is 57.5 Å². The number of fused-ring (bicyclic) bond motifs is 1. The average molecular weight is 452 g/mol. The molecule has 0 atom stereocenters. The van der Waals surface area contributed by atoms with Crippen LogP contribution in [0.2, 0.25) is 10.0 Å². The van der Waals surface area contributed by atoms with Gasteiger partial charge in [-0.2, -0.15) is 0 Å². The molecule has 0 saturated heterocycles. The fourth-order valence-corrected chi connectivity index (χ4v) is 5.11. The largest absolute Gasteiger partial charge is 0.459 e. The van der Waals surface area contributed by atoms with E-state index in [-0.39, 0.29) is 18.0 Å². The van der Waals surface area contributed by atoms with Crippen LogP contribution in [0.3, 0.4) is 0 Å². The van der Waals surface area contributed by atoms with Crippen molar-refractivity contribution in [3.05, 3.63) is 55.9 Å². The summed E-state index contributed by atoms with van der Waals surface area (Å²) < 4.78 is 5.45. The Morgan fingerprint density at radius 3 is 2.52 bits per heavy atom. The van der Waals surface area contributed by atoms with Gasteiger partial charge in [-0.05, 0) is 63.3 Å². The number of hydrogen-bond donors (Lipinski definition) is 1. The van der Waals surface area contributed by atoms with Gasteiger partial charge in [-0.3, -0.25) is 4.79 Å². The zero-order chi connectivity index (χ0) is 21.0. The fraction of sp³-hybridized carbons (Fsp3) is 0.364. The summed E-state index contributed by atoms with van der Waals surface area (Å²) in [6.07, 6.45) is 7.73. The number of carbonyl (C=O) groups excluding carboxylic acids is 2. The number of nitrogens with one attached hydrogen (secondary N) is 1. The summed E-state index contributed by atoms with van der Waals surface area (Å²) in [6, 6.07) is 5.16. The molecule has 0 radical (unpaired) electrons. The van der Waals surface area contributed by atoms with Gasteiger partial charge >= 0.3 is 5.97 Å². The summed E-state index contributed by atoms with van der Waals surface area (Å²) in [4.78, 5) is 26.5.